The van der Waals surface area contributed by atoms with E-state index >= 15 is 0 Å². The summed E-state index contributed by atoms with van der Waals surface area (Å²) in [6.07, 6.45) is -0.00656. The number of aliphatic hydroxyl groups is 2. The first-order valence-corrected chi connectivity index (χ1v) is 9.20. The van der Waals surface area contributed by atoms with Gasteiger partial charge in [-0.2, -0.15) is 0 Å². The number of nitrogens with one attached hydrogen (secondary N) is 2. The number of carbonyl (C=O) groups excluding carboxylic acids is 1. The lowest BCUT2D eigenvalue weighted by Gasteiger charge is -2.38. The van der Waals surface area contributed by atoms with Gasteiger partial charge in [0.25, 0.3) is 0 Å². The van der Waals surface area contributed by atoms with Gasteiger partial charge >= 0.3 is 0 Å². The molecule has 4 N–H and O–H groups in total. The van der Waals surface area contributed by atoms with Crippen molar-refractivity contribution in [2.75, 3.05) is 19.6 Å². The third-order valence-corrected chi connectivity index (χ3v) is 5.33. The molecule has 3 unspecified atom stereocenters. The second-order valence-electron chi connectivity index (χ2n) is 7.44. The standard InChI is InChI=1S/C19H29N3O3/c1-12(2)14-4-3-5-15(10-14)13-6-8-22(9-7-13)19(25)17-18(24)21-16(23)11-20-17/h3-5,10,12-13,16-18,20-21,23-24H,6-9,11H2,1-2H3. The van der Waals surface area contributed by atoms with E-state index in [1.807, 2.05) is 4.90 Å². The Morgan fingerprint density at radius 2 is 1.96 bits per heavy atom. The molecule has 138 valence electrons. The average molecular weight is 347 g/mol. The zero-order valence-electron chi connectivity index (χ0n) is 15.0. The van der Waals surface area contributed by atoms with Gasteiger partial charge in [0, 0.05) is 19.6 Å². The van der Waals surface area contributed by atoms with Crippen molar-refractivity contribution in [2.45, 2.75) is 57.0 Å². The van der Waals surface area contributed by atoms with Gasteiger partial charge in [-0.3, -0.25) is 15.4 Å². The summed E-state index contributed by atoms with van der Waals surface area (Å²) in [4.78, 5) is 14.5. The number of carbonyl (C=O) groups is 1. The molecule has 2 fully saturated rings. The fourth-order valence-corrected chi connectivity index (χ4v) is 3.73. The zero-order chi connectivity index (χ0) is 18.0. The van der Waals surface area contributed by atoms with Crippen LogP contribution < -0.4 is 10.6 Å². The van der Waals surface area contributed by atoms with Gasteiger partial charge in [0.2, 0.25) is 5.91 Å². The third-order valence-electron chi connectivity index (χ3n) is 5.33. The van der Waals surface area contributed by atoms with E-state index in [4.69, 9.17) is 0 Å². The van der Waals surface area contributed by atoms with Crippen LogP contribution in [0.2, 0.25) is 0 Å². The summed E-state index contributed by atoms with van der Waals surface area (Å²) in [5, 5.41) is 25.0. The van der Waals surface area contributed by atoms with Crippen LogP contribution in [0.1, 0.15) is 49.7 Å². The summed E-state index contributed by atoms with van der Waals surface area (Å²) >= 11 is 0. The first kappa shape index (κ1) is 18.3. The highest BCUT2D eigenvalue weighted by Crippen LogP contribution is 2.30. The fourth-order valence-electron chi connectivity index (χ4n) is 3.73. The summed E-state index contributed by atoms with van der Waals surface area (Å²) in [5.41, 5.74) is 2.72. The van der Waals surface area contributed by atoms with Crippen molar-refractivity contribution in [1.82, 2.24) is 15.5 Å². The number of benzene rings is 1. The van der Waals surface area contributed by atoms with Gasteiger partial charge in [-0.1, -0.05) is 38.1 Å². The summed E-state index contributed by atoms with van der Waals surface area (Å²) in [6.45, 7) is 6.05. The van der Waals surface area contributed by atoms with Crippen molar-refractivity contribution in [2.24, 2.45) is 0 Å². The maximum atomic E-state index is 12.6. The minimum absolute atomic E-state index is 0.0960. The van der Waals surface area contributed by atoms with Crippen molar-refractivity contribution >= 4 is 5.91 Å². The predicted molar refractivity (Wildman–Crippen MR) is 96.0 cm³/mol. The Hall–Kier alpha value is -1.47. The van der Waals surface area contributed by atoms with Crippen molar-refractivity contribution in [3.63, 3.8) is 0 Å². The van der Waals surface area contributed by atoms with Gasteiger partial charge in [0.05, 0.1) is 0 Å². The Bertz CT molecular complexity index is 599. The van der Waals surface area contributed by atoms with Crippen molar-refractivity contribution in [3.05, 3.63) is 35.4 Å². The molecule has 1 aromatic rings. The lowest BCUT2D eigenvalue weighted by Crippen LogP contribution is -2.66. The molecule has 1 aromatic carbocycles. The lowest BCUT2D eigenvalue weighted by atomic mass is 9.87. The number of rotatable bonds is 3. The Morgan fingerprint density at radius 3 is 2.60 bits per heavy atom. The van der Waals surface area contributed by atoms with E-state index < -0.39 is 18.5 Å². The number of amides is 1. The van der Waals surface area contributed by atoms with Crippen LogP contribution in [-0.2, 0) is 4.79 Å². The molecule has 3 rings (SSSR count). The molecule has 0 aliphatic carbocycles. The normalized spacial score (nSPS) is 28.4. The van der Waals surface area contributed by atoms with Crippen LogP contribution in [-0.4, -0.2) is 59.2 Å². The van der Waals surface area contributed by atoms with Crippen molar-refractivity contribution in [3.8, 4) is 0 Å². The van der Waals surface area contributed by atoms with Gasteiger partial charge in [-0.15, -0.1) is 0 Å². The topological polar surface area (TPSA) is 84.8 Å². The van der Waals surface area contributed by atoms with Crippen LogP contribution in [0.3, 0.4) is 0 Å². The molecule has 6 nitrogen and oxygen atoms in total. The highest BCUT2D eigenvalue weighted by molar-refractivity contribution is 5.82. The zero-order valence-corrected chi connectivity index (χ0v) is 15.0. The number of β-amino-alcohol motifs (C(OH)–C–C–N with tert-alkyl or cyclic N) is 1. The number of piperazine rings is 1. The van der Waals surface area contributed by atoms with E-state index in [0.717, 1.165) is 12.8 Å². The minimum atomic E-state index is -1.06. The van der Waals surface area contributed by atoms with Gasteiger partial charge in [0.15, 0.2) is 0 Å². The second kappa shape index (κ2) is 7.83. The minimum Gasteiger partial charge on any atom is -0.377 e. The summed E-state index contributed by atoms with van der Waals surface area (Å²) in [6, 6.07) is 8.09. The molecule has 6 heteroatoms. The Kier molecular flexibility index (Phi) is 5.74. The van der Waals surface area contributed by atoms with Gasteiger partial charge in [-0.05, 0) is 35.8 Å². The van der Waals surface area contributed by atoms with E-state index in [-0.39, 0.29) is 12.5 Å². The lowest BCUT2D eigenvalue weighted by molar-refractivity contribution is -0.141. The molecule has 0 radical (unpaired) electrons. The van der Waals surface area contributed by atoms with E-state index in [1.165, 1.54) is 11.1 Å². The van der Waals surface area contributed by atoms with E-state index in [9.17, 15) is 15.0 Å². The van der Waals surface area contributed by atoms with Crippen LogP contribution in [0.5, 0.6) is 0 Å². The van der Waals surface area contributed by atoms with E-state index in [1.54, 1.807) is 0 Å². The molecule has 1 amide bonds. The first-order chi connectivity index (χ1) is 12.0. The molecule has 0 bridgehead atoms. The van der Waals surface area contributed by atoms with Crippen LogP contribution in [0.25, 0.3) is 0 Å². The molecule has 2 saturated heterocycles. The van der Waals surface area contributed by atoms with Crippen molar-refractivity contribution < 1.29 is 15.0 Å². The molecule has 2 aliphatic rings. The molecule has 0 saturated carbocycles. The number of piperidine rings is 1. The quantitative estimate of drug-likeness (QED) is 0.647. The molecule has 0 aromatic heterocycles. The molecule has 2 heterocycles. The monoisotopic (exact) mass is 347 g/mol. The molecule has 25 heavy (non-hydrogen) atoms. The average Bonchev–Trinajstić information content (AvgIpc) is 2.61. The maximum absolute atomic E-state index is 12.6. The largest absolute Gasteiger partial charge is 0.377 e. The van der Waals surface area contributed by atoms with E-state index in [2.05, 4.69) is 48.7 Å². The highest BCUT2D eigenvalue weighted by atomic mass is 16.3. The highest BCUT2D eigenvalue weighted by Gasteiger charge is 2.36. The van der Waals surface area contributed by atoms with Crippen LogP contribution in [0.4, 0.5) is 0 Å². The smallest absolute Gasteiger partial charge is 0.243 e. The molecule has 3 atom stereocenters. The number of hydrogen-bond donors (Lipinski definition) is 4. The summed E-state index contributed by atoms with van der Waals surface area (Å²) < 4.78 is 0. The summed E-state index contributed by atoms with van der Waals surface area (Å²) in [7, 11) is 0. The van der Waals surface area contributed by atoms with Crippen molar-refractivity contribution in [1.29, 1.82) is 0 Å². The van der Waals surface area contributed by atoms with Gasteiger partial charge < -0.3 is 15.1 Å². The Balaban J connectivity index is 1.58. The fraction of sp³-hybridized carbons (Fsp3) is 0.632. The number of likely N-dealkylation sites (tertiary alicyclic amines) is 1. The van der Waals surface area contributed by atoms with Crippen LogP contribution >= 0.6 is 0 Å². The maximum Gasteiger partial charge on any atom is 0.243 e. The predicted octanol–water partition coefficient (Wildman–Crippen LogP) is 0.714. The van der Waals surface area contributed by atoms with E-state index in [0.29, 0.717) is 24.9 Å². The van der Waals surface area contributed by atoms with Gasteiger partial charge in [0.1, 0.15) is 18.5 Å². The van der Waals surface area contributed by atoms with Crippen LogP contribution in [0, 0.1) is 0 Å². The Labute approximate surface area is 149 Å². The molecular formula is C19H29N3O3. The summed E-state index contributed by atoms with van der Waals surface area (Å²) in [5.74, 6) is 0.900. The number of aliphatic hydroxyl groups excluding tert-OH is 2. The van der Waals surface area contributed by atoms with Crippen LogP contribution in [0.15, 0.2) is 24.3 Å². The SMILES string of the molecule is CC(C)c1cccc(C2CCN(C(=O)C3NCC(O)NC3O)CC2)c1. The molecule has 2 aliphatic heterocycles. The second-order valence-corrected chi connectivity index (χ2v) is 7.44. The molecular weight excluding hydrogens is 318 g/mol. The Morgan fingerprint density at radius 1 is 1.24 bits per heavy atom. The number of hydrogen-bond acceptors (Lipinski definition) is 5. The third kappa shape index (κ3) is 4.20. The molecule has 0 spiro atoms. The van der Waals surface area contributed by atoms with Gasteiger partial charge in [-0.25, -0.2) is 0 Å². The first-order valence-electron chi connectivity index (χ1n) is 9.20. The number of nitrogens with zero attached hydrogens (tertiary/aromatic N) is 1.